The van der Waals surface area contributed by atoms with Crippen LogP contribution >= 0.6 is 0 Å². The Morgan fingerprint density at radius 1 is 1.09 bits per heavy atom. The van der Waals surface area contributed by atoms with Gasteiger partial charge in [0, 0.05) is 12.4 Å². The van der Waals surface area contributed by atoms with Crippen LogP contribution in [0.3, 0.4) is 0 Å². The van der Waals surface area contributed by atoms with Crippen molar-refractivity contribution in [2.75, 3.05) is 0 Å². The normalized spacial score (nSPS) is 36.8. The SMILES string of the molecule is O=CC(C12CC3CC(CC(C3)C1)C2)S(=O)(=O)Cc1ccncc1. The lowest BCUT2D eigenvalue weighted by Crippen LogP contribution is -2.54. The van der Waals surface area contributed by atoms with Crippen LogP contribution in [0.1, 0.15) is 44.1 Å². The molecule has 5 rings (SSSR count). The molecule has 0 amide bonds. The van der Waals surface area contributed by atoms with E-state index in [-0.39, 0.29) is 11.2 Å². The molecule has 0 spiro atoms. The van der Waals surface area contributed by atoms with Gasteiger partial charge < -0.3 is 4.79 Å². The number of aldehydes is 1. The van der Waals surface area contributed by atoms with Crippen LogP contribution in [0, 0.1) is 23.2 Å². The van der Waals surface area contributed by atoms with Gasteiger partial charge in [-0.15, -0.1) is 0 Å². The van der Waals surface area contributed by atoms with E-state index in [4.69, 9.17) is 0 Å². The first-order valence-electron chi connectivity index (χ1n) is 8.56. The molecule has 0 aliphatic heterocycles. The molecule has 5 heteroatoms. The monoisotopic (exact) mass is 333 g/mol. The first-order valence-corrected chi connectivity index (χ1v) is 10.3. The number of hydrogen-bond donors (Lipinski definition) is 0. The van der Waals surface area contributed by atoms with Crippen molar-refractivity contribution in [1.82, 2.24) is 4.98 Å². The Kier molecular flexibility index (Phi) is 3.59. The van der Waals surface area contributed by atoms with Gasteiger partial charge in [-0.25, -0.2) is 8.42 Å². The van der Waals surface area contributed by atoms with Gasteiger partial charge in [0.1, 0.15) is 11.5 Å². The van der Waals surface area contributed by atoms with Crippen LogP contribution < -0.4 is 0 Å². The summed E-state index contributed by atoms with van der Waals surface area (Å²) in [6.45, 7) is 0. The standard InChI is InChI=1S/C18H23NO3S/c20-11-17(23(21,22)12-13-1-3-19-4-2-13)18-8-14-5-15(9-18)7-16(6-14)10-18/h1-4,11,14-17H,5-10,12H2. The van der Waals surface area contributed by atoms with E-state index in [0.717, 1.165) is 31.1 Å². The highest BCUT2D eigenvalue weighted by Crippen LogP contribution is 2.62. The fourth-order valence-corrected chi connectivity index (χ4v) is 7.99. The van der Waals surface area contributed by atoms with E-state index in [1.165, 1.54) is 19.3 Å². The van der Waals surface area contributed by atoms with Crippen LogP contribution in [0.15, 0.2) is 24.5 Å². The van der Waals surface area contributed by atoms with E-state index in [0.29, 0.717) is 17.8 Å². The third-order valence-corrected chi connectivity index (χ3v) is 8.44. The summed E-state index contributed by atoms with van der Waals surface area (Å²) in [5.41, 5.74) is 0.430. The summed E-state index contributed by atoms with van der Waals surface area (Å²) in [4.78, 5) is 15.8. The van der Waals surface area contributed by atoms with Crippen LogP contribution in [0.5, 0.6) is 0 Å². The van der Waals surface area contributed by atoms with Gasteiger partial charge in [0.15, 0.2) is 9.84 Å². The summed E-state index contributed by atoms with van der Waals surface area (Å²) in [6, 6.07) is 3.44. The molecule has 1 unspecified atom stereocenters. The Hall–Kier alpha value is -1.23. The average molecular weight is 333 g/mol. The minimum absolute atomic E-state index is 0.0549. The maximum atomic E-state index is 13.0. The van der Waals surface area contributed by atoms with Crippen molar-refractivity contribution < 1.29 is 13.2 Å². The van der Waals surface area contributed by atoms with Crippen molar-refractivity contribution in [2.24, 2.45) is 23.2 Å². The van der Waals surface area contributed by atoms with E-state index in [1.807, 2.05) is 0 Å². The molecule has 1 atom stereocenters. The summed E-state index contributed by atoms with van der Waals surface area (Å²) < 4.78 is 26.0. The summed E-state index contributed by atoms with van der Waals surface area (Å²) in [5, 5.41) is -0.837. The second kappa shape index (κ2) is 5.40. The van der Waals surface area contributed by atoms with Gasteiger partial charge in [-0.05, 0) is 79.4 Å². The summed E-state index contributed by atoms with van der Waals surface area (Å²) >= 11 is 0. The van der Waals surface area contributed by atoms with Crippen molar-refractivity contribution in [1.29, 1.82) is 0 Å². The van der Waals surface area contributed by atoms with E-state index in [9.17, 15) is 13.2 Å². The predicted molar refractivity (Wildman–Crippen MR) is 87.3 cm³/mol. The molecule has 4 nitrogen and oxygen atoms in total. The number of pyridine rings is 1. The zero-order chi connectivity index (χ0) is 16.1. The molecule has 0 saturated heterocycles. The first-order chi connectivity index (χ1) is 11.0. The maximum absolute atomic E-state index is 13.0. The first kappa shape index (κ1) is 15.3. The third kappa shape index (κ3) is 2.63. The molecule has 0 radical (unpaired) electrons. The van der Waals surface area contributed by atoms with Gasteiger partial charge >= 0.3 is 0 Å². The summed E-state index contributed by atoms with van der Waals surface area (Å²) in [6.07, 6.45) is 10.5. The number of rotatable bonds is 5. The fraction of sp³-hybridized carbons (Fsp3) is 0.667. The number of carbonyl (C=O) groups excluding carboxylic acids is 1. The molecular formula is C18H23NO3S. The quantitative estimate of drug-likeness (QED) is 0.777. The average Bonchev–Trinajstić information content (AvgIpc) is 2.46. The van der Waals surface area contributed by atoms with E-state index < -0.39 is 15.1 Å². The van der Waals surface area contributed by atoms with Crippen LogP contribution in [0.4, 0.5) is 0 Å². The van der Waals surface area contributed by atoms with Gasteiger partial charge in [0.2, 0.25) is 0 Å². The lowest BCUT2D eigenvalue weighted by Gasteiger charge is -2.58. The minimum Gasteiger partial charge on any atom is -0.302 e. The fourth-order valence-electron chi connectivity index (χ4n) is 5.94. The lowest BCUT2D eigenvalue weighted by molar-refractivity contribution is -0.115. The molecule has 1 aromatic heterocycles. The Balaban J connectivity index is 1.64. The maximum Gasteiger partial charge on any atom is 0.164 e. The second-order valence-electron chi connectivity index (χ2n) is 8.00. The number of aromatic nitrogens is 1. The Morgan fingerprint density at radius 3 is 2.09 bits per heavy atom. The van der Waals surface area contributed by atoms with Gasteiger partial charge in [-0.1, -0.05) is 0 Å². The number of carbonyl (C=O) groups is 1. The van der Waals surface area contributed by atoms with E-state index in [2.05, 4.69) is 4.98 Å². The molecule has 1 aromatic rings. The highest BCUT2D eigenvalue weighted by atomic mass is 32.2. The summed E-state index contributed by atoms with van der Waals surface area (Å²) in [7, 11) is -3.48. The molecular weight excluding hydrogens is 310 g/mol. The molecule has 4 bridgehead atoms. The smallest absolute Gasteiger partial charge is 0.164 e. The number of nitrogens with zero attached hydrogens (tertiary/aromatic N) is 1. The van der Waals surface area contributed by atoms with Crippen LogP contribution in [-0.2, 0) is 20.4 Å². The molecule has 23 heavy (non-hydrogen) atoms. The lowest BCUT2D eigenvalue weighted by atomic mass is 9.49. The largest absolute Gasteiger partial charge is 0.302 e. The Morgan fingerprint density at radius 2 is 1.61 bits per heavy atom. The minimum atomic E-state index is -3.48. The molecule has 1 heterocycles. The Labute approximate surface area is 137 Å². The third-order valence-electron chi connectivity index (χ3n) is 6.32. The zero-order valence-electron chi connectivity index (χ0n) is 13.2. The van der Waals surface area contributed by atoms with Crippen molar-refractivity contribution in [3.8, 4) is 0 Å². The molecule has 4 aliphatic carbocycles. The number of hydrogen-bond acceptors (Lipinski definition) is 4. The second-order valence-corrected chi connectivity index (χ2v) is 10.1. The van der Waals surface area contributed by atoms with Crippen molar-refractivity contribution in [2.45, 2.75) is 49.5 Å². The molecule has 4 fully saturated rings. The molecule has 4 saturated carbocycles. The van der Waals surface area contributed by atoms with Gasteiger partial charge in [0.05, 0.1) is 5.75 Å². The van der Waals surface area contributed by atoms with E-state index >= 15 is 0 Å². The molecule has 0 aromatic carbocycles. The van der Waals surface area contributed by atoms with Crippen LogP contribution in [0.25, 0.3) is 0 Å². The van der Waals surface area contributed by atoms with Crippen molar-refractivity contribution >= 4 is 16.1 Å². The van der Waals surface area contributed by atoms with Crippen molar-refractivity contribution in [3.63, 3.8) is 0 Å². The highest BCUT2D eigenvalue weighted by molar-refractivity contribution is 7.92. The van der Waals surface area contributed by atoms with Crippen molar-refractivity contribution in [3.05, 3.63) is 30.1 Å². The van der Waals surface area contributed by atoms with Gasteiger partial charge in [-0.3, -0.25) is 4.98 Å². The van der Waals surface area contributed by atoms with Crippen LogP contribution in [0.2, 0.25) is 0 Å². The zero-order valence-corrected chi connectivity index (χ0v) is 14.0. The topological polar surface area (TPSA) is 64.1 Å². The van der Waals surface area contributed by atoms with Crippen LogP contribution in [-0.4, -0.2) is 24.9 Å². The molecule has 0 N–H and O–H groups in total. The van der Waals surface area contributed by atoms with Gasteiger partial charge in [0.25, 0.3) is 0 Å². The Bertz CT molecular complexity index is 663. The highest BCUT2D eigenvalue weighted by Gasteiger charge is 2.57. The van der Waals surface area contributed by atoms with Gasteiger partial charge in [-0.2, -0.15) is 0 Å². The molecule has 124 valence electrons. The molecule has 4 aliphatic rings. The van der Waals surface area contributed by atoms with E-state index in [1.54, 1.807) is 24.5 Å². The summed E-state index contributed by atoms with van der Waals surface area (Å²) in [5.74, 6) is 1.86. The predicted octanol–water partition coefficient (Wildman–Crippen LogP) is 2.78. The number of sulfone groups is 1.